The normalized spacial score (nSPS) is 8.83. The van der Waals surface area contributed by atoms with Crippen molar-refractivity contribution >= 4 is 17.3 Å². The summed E-state index contributed by atoms with van der Waals surface area (Å²) in [5.74, 6) is 3.57. The zero-order valence-corrected chi connectivity index (χ0v) is 7.66. The highest BCUT2D eigenvalue weighted by Crippen LogP contribution is 2.19. The van der Waals surface area contributed by atoms with Crippen molar-refractivity contribution in [3.8, 4) is 11.8 Å². The van der Waals surface area contributed by atoms with E-state index >= 15 is 0 Å². The Hall–Kier alpha value is -1.27. The number of hydrogen-bond donors (Lipinski definition) is 1. The predicted octanol–water partition coefficient (Wildman–Crippen LogP) is 1.80. The quantitative estimate of drug-likeness (QED) is 0.618. The summed E-state index contributed by atoms with van der Waals surface area (Å²) in [4.78, 5) is 12.1. The van der Waals surface area contributed by atoms with Crippen molar-refractivity contribution < 1.29 is 9.90 Å². The molecule has 3 heteroatoms. The Morgan fingerprint density at radius 1 is 1.58 bits per heavy atom. The van der Waals surface area contributed by atoms with Gasteiger partial charge in [0.25, 0.3) is 0 Å². The zero-order valence-electron chi connectivity index (χ0n) is 6.84. The van der Waals surface area contributed by atoms with Gasteiger partial charge in [-0.05, 0) is 31.4 Å². The maximum Gasteiger partial charge on any atom is 0.382 e. The summed E-state index contributed by atoms with van der Waals surface area (Å²) >= 11 is 1.52. The molecule has 0 unspecified atom stereocenters. The molecule has 1 aromatic rings. The Bertz CT molecular complexity index is 346. The van der Waals surface area contributed by atoms with Gasteiger partial charge in [0.15, 0.2) is 0 Å². The van der Waals surface area contributed by atoms with Crippen LogP contribution in [0.3, 0.4) is 0 Å². The molecule has 0 fully saturated rings. The third-order valence-corrected chi connectivity index (χ3v) is 2.53. The average Bonchev–Trinajstić information content (AvgIpc) is 2.28. The van der Waals surface area contributed by atoms with Gasteiger partial charge in [-0.1, -0.05) is 0 Å². The van der Waals surface area contributed by atoms with Crippen LogP contribution in [0.1, 0.15) is 15.3 Å². The first-order valence-electron chi connectivity index (χ1n) is 3.41. The third kappa shape index (κ3) is 2.11. The van der Waals surface area contributed by atoms with Gasteiger partial charge in [0, 0.05) is 10.8 Å². The summed E-state index contributed by atoms with van der Waals surface area (Å²) in [5.41, 5.74) is 1.16. The van der Waals surface area contributed by atoms with Crippen LogP contribution >= 0.6 is 11.3 Å². The van der Waals surface area contributed by atoms with E-state index in [1.807, 2.05) is 19.9 Å². The smallest absolute Gasteiger partial charge is 0.382 e. The minimum atomic E-state index is -1.08. The second-order valence-electron chi connectivity index (χ2n) is 2.41. The topological polar surface area (TPSA) is 37.3 Å². The van der Waals surface area contributed by atoms with Crippen molar-refractivity contribution in [3.05, 3.63) is 21.4 Å². The molecule has 0 aliphatic carbocycles. The van der Waals surface area contributed by atoms with Gasteiger partial charge in [0.2, 0.25) is 0 Å². The van der Waals surface area contributed by atoms with E-state index in [-0.39, 0.29) is 0 Å². The minimum absolute atomic E-state index is 0.812. The number of carboxylic acid groups (broad SMARTS) is 1. The van der Waals surface area contributed by atoms with Crippen molar-refractivity contribution in [1.29, 1.82) is 0 Å². The fourth-order valence-corrected chi connectivity index (χ4v) is 1.64. The first-order chi connectivity index (χ1) is 5.59. The lowest BCUT2D eigenvalue weighted by atomic mass is 10.3. The molecule has 62 valence electrons. The molecule has 12 heavy (non-hydrogen) atoms. The van der Waals surface area contributed by atoms with Crippen molar-refractivity contribution in [3.63, 3.8) is 0 Å². The lowest BCUT2D eigenvalue weighted by molar-refractivity contribution is -0.130. The fourth-order valence-electron chi connectivity index (χ4n) is 0.750. The summed E-state index contributed by atoms with van der Waals surface area (Å²) in [6, 6.07) is 1.90. The lowest BCUT2D eigenvalue weighted by Gasteiger charge is -1.79. The molecule has 1 aromatic heterocycles. The van der Waals surface area contributed by atoms with E-state index in [4.69, 9.17) is 5.11 Å². The number of rotatable bonds is 0. The lowest BCUT2D eigenvalue weighted by Crippen LogP contribution is -1.85. The molecule has 2 nitrogen and oxygen atoms in total. The maximum absolute atomic E-state index is 10.1. The Balaban J connectivity index is 2.93. The van der Waals surface area contributed by atoms with E-state index in [2.05, 4.69) is 11.8 Å². The molecule has 0 atom stereocenters. The first kappa shape index (κ1) is 8.82. The SMILES string of the molecule is Cc1cc(C#CC(=O)O)sc1C. The molecule has 0 saturated heterocycles. The summed E-state index contributed by atoms with van der Waals surface area (Å²) < 4.78 is 0. The molecule has 0 bridgehead atoms. The Morgan fingerprint density at radius 3 is 2.67 bits per heavy atom. The maximum atomic E-state index is 10.1. The van der Waals surface area contributed by atoms with Gasteiger partial charge in [-0.25, -0.2) is 4.79 Å². The highest BCUT2D eigenvalue weighted by molar-refractivity contribution is 7.12. The third-order valence-electron chi connectivity index (χ3n) is 1.46. The van der Waals surface area contributed by atoms with Crippen molar-refractivity contribution in [2.24, 2.45) is 0 Å². The van der Waals surface area contributed by atoms with Gasteiger partial charge >= 0.3 is 5.97 Å². The molecule has 0 saturated carbocycles. The second kappa shape index (κ2) is 3.42. The molecule has 0 spiro atoms. The van der Waals surface area contributed by atoms with Crippen LogP contribution in [-0.4, -0.2) is 11.1 Å². The standard InChI is InChI=1S/C9H8O2S/c1-6-5-8(12-7(6)2)3-4-9(10)11/h5H,1-2H3,(H,10,11). The molecule has 0 amide bonds. The molecule has 1 heterocycles. The molecule has 0 aliphatic rings. The van der Waals surface area contributed by atoms with E-state index in [0.29, 0.717) is 0 Å². The van der Waals surface area contributed by atoms with Crippen LogP contribution < -0.4 is 0 Å². The van der Waals surface area contributed by atoms with Crippen molar-refractivity contribution in [1.82, 2.24) is 0 Å². The van der Waals surface area contributed by atoms with Crippen molar-refractivity contribution in [2.45, 2.75) is 13.8 Å². The molecular weight excluding hydrogens is 172 g/mol. The van der Waals surface area contributed by atoms with Crippen molar-refractivity contribution in [2.75, 3.05) is 0 Å². The highest BCUT2D eigenvalue weighted by Gasteiger charge is 1.97. The first-order valence-corrected chi connectivity index (χ1v) is 4.23. The van der Waals surface area contributed by atoms with E-state index in [0.717, 1.165) is 10.4 Å². The van der Waals surface area contributed by atoms with Gasteiger partial charge in [0.1, 0.15) is 0 Å². The predicted molar refractivity (Wildman–Crippen MR) is 48.3 cm³/mol. The number of carboxylic acids is 1. The molecule has 1 rings (SSSR count). The molecular formula is C9H8O2S. The van der Waals surface area contributed by atoms with Crippen LogP contribution in [0, 0.1) is 25.7 Å². The number of aryl methyl sites for hydroxylation is 2. The van der Waals surface area contributed by atoms with Crippen LogP contribution in [0.4, 0.5) is 0 Å². The Morgan fingerprint density at radius 2 is 2.25 bits per heavy atom. The summed E-state index contributed by atoms with van der Waals surface area (Å²) in [5, 5.41) is 8.28. The van der Waals surface area contributed by atoms with Crippen LogP contribution in [0.15, 0.2) is 6.07 Å². The molecule has 0 aliphatic heterocycles. The van der Waals surface area contributed by atoms with E-state index < -0.39 is 5.97 Å². The molecule has 0 aromatic carbocycles. The molecule has 0 radical (unpaired) electrons. The van der Waals surface area contributed by atoms with Gasteiger partial charge in [-0.2, -0.15) is 0 Å². The van der Waals surface area contributed by atoms with Gasteiger partial charge in [-0.3, -0.25) is 0 Å². The van der Waals surface area contributed by atoms with E-state index in [1.54, 1.807) is 0 Å². The zero-order chi connectivity index (χ0) is 9.14. The minimum Gasteiger partial charge on any atom is -0.472 e. The summed E-state index contributed by atoms with van der Waals surface area (Å²) in [6.07, 6.45) is 0. The van der Waals surface area contributed by atoms with Gasteiger partial charge in [-0.15, -0.1) is 11.3 Å². The number of hydrogen-bond acceptors (Lipinski definition) is 2. The second-order valence-corrected chi connectivity index (χ2v) is 3.66. The Labute approximate surface area is 74.9 Å². The number of aliphatic carboxylic acids is 1. The summed E-state index contributed by atoms with van der Waals surface area (Å²) in [6.45, 7) is 3.98. The van der Waals surface area contributed by atoms with Crippen LogP contribution in [0.2, 0.25) is 0 Å². The monoisotopic (exact) mass is 180 g/mol. The Kier molecular flexibility index (Phi) is 2.51. The van der Waals surface area contributed by atoms with Crippen LogP contribution in [0.25, 0.3) is 0 Å². The number of thiophene rings is 1. The average molecular weight is 180 g/mol. The van der Waals surface area contributed by atoms with Gasteiger partial charge in [0.05, 0.1) is 4.88 Å². The van der Waals surface area contributed by atoms with E-state index in [9.17, 15) is 4.79 Å². The number of carbonyl (C=O) groups is 1. The van der Waals surface area contributed by atoms with E-state index in [1.165, 1.54) is 16.2 Å². The fraction of sp³-hybridized carbons (Fsp3) is 0.222. The van der Waals surface area contributed by atoms with Crippen LogP contribution in [-0.2, 0) is 4.79 Å². The largest absolute Gasteiger partial charge is 0.472 e. The van der Waals surface area contributed by atoms with Gasteiger partial charge < -0.3 is 5.11 Å². The highest BCUT2D eigenvalue weighted by atomic mass is 32.1. The van der Waals surface area contributed by atoms with Crippen LogP contribution in [0.5, 0.6) is 0 Å². The molecule has 1 N–H and O–H groups in total. The summed E-state index contributed by atoms with van der Waals surface area (Å²) in [7, 11) is 0.